The quantitative estimate of drug-likeness (QED) is 0.641. The van der Waals surface area contributed by atoms with Gasteiger partial charge in [0.15, 0.2) is 0 Å². The average molecular weight is 258 g/mol. The Hall–Kier alpha value is -1.59. The fourth-order valence-corrected chi connectivity index (χ4v) is 1.51. The van der Waals surface area contributed by atoms with Gasteiger partial charge in [0.2, 0.25) is 11.8 Å². The Bertz CT molecular complexity index is 326. The van der Waals surface area contributed by atoms with E-state index >= 15 is 0 Å². The normalized spacial score (nSPS) is 14.2. The summed E-state index contributed by atoms with van der Waals surface area (Å²) >= 11 is 0. The summed E-state index contributed by atoms with van der Waals surface area (Å²) < 4.78 is 0. The molecule has 1 unspecified atom stereocenters. The van der Waals surface area contributed by atoms with Gasteiger partial charge >= 0.3 is 5.97 Å². The van der Waals surface area contributed by atoms with Crippen LogP contribution in [0.25, 0.3) is 0 Å². The zero-order valence-corrected chi connectivity index (χ0v) is 11.5. The minimum atomic E-state index is -1.08. The number of carboxylic acids is 1. The lowest BCUT2D eigenvalue weighted by Gasteiger charge is -2.24. The number of amides is 2. The number of hydrogen-bond donors (Lipinski definition) is 3. The first kappa shape index (κ1) is 16.4. The molecule has 0 saturated heterocycles. The van der Waals surface area contributed by atoms with Gasteiger partial charge in [-0.2, -0.15) is 0 Å². The van der Waals surface area contributed by atoms with Gasteiger partial charge in [0.25, 0.3) is 0 Å². The molecule has 0 saturated carbocycles. The highest BCUT2D eigenvalue weighted by molar-refractivity contribution is 5.90. The van der Waals surface area contributed by atoms with Gasteiger partial charge in [-0.15, -0.1) is 0 Å². The van der Waals surface area contributed by atoms with Crippen LogP contribution >= 0.6 is 0 Å². The second-order valence-corrected chi connectivity index (χ2v) is 4.99. The maximum atomic E-state index is 12.0. The lowest BCUT2D eigenvalue weighted by Crippen LogP contribution is -2.54. The Morgan fingerprint density at radius 1 is 0.889 bits per heavy atom. The molecule has 104 valence electrons. The first-order valence-corrected chi connectivity index (χ1v) is 5.97. The highest BCUT2D eigenvalue weighted by Gasteiger charge is 2.29. The third-order valence-corrected chi connectivity index (χ3v) is 2.54. The molecule has 0 aromatic rings. The topological polar surface area (TPSA) is 95.5 Å². The van der Waals surface area contributed by atoms with Gasteiger partial charge in [0.1, 0.15) is 12.1 Å². The monoisotopic (exact) mass is 258 g/mol. The Kier molecular flexibility index (Phi) is 6.36. The number of carboxylic acid groups (broad SMARTS) is 1. The molecule has 0 fully saturated rings. The van der Waals surface area contributed by atoms with Crippen LogP contribution in [0.3, 0.4) is 0 Å². The predicted molar refractivity (Wildman–Crippen MR) is 66.8 cm³/mol. The molecule has 0 bridgehead atoms. The van der Waals surface area contributed by atoms with E-state index in [1.54, 1.807) is 27.7 Å². The smallest absolute Gasteiger partial charge is 0.326 e. The second-order valence-electron chi connectivity index (χ2n) is 4.99. The fourth-order valence-electron chi connectivity index (χ4n) is 1.51. The molecule has 0 aromatic carbocycles. The lowest BCUT2D eigenvalue weighted by atomic mass is 10.0. The van der Waals surface area contributed by atoms with Crippen LogP contribution in [-0.4, -0.2) is 35.0 Å². The van der Waals surface area contributed by atoms with Crippen molar-refractivity contribution in [1.29, 1.82) is 0 Å². The molecule has 6 heteroatoms. The number of nitrogens with one attached hydrogen (secondary N) is 2. The van der Waals surface area contributed by atoms with Crippen LogP contribution < -0.4 is 10.6 Å². The van der Waals surface area contributed by atoms with Crippen LogP contribution in [0.1, 0.15) is 34.6 Å². The number of aliphatic carboxylic acids is 1. The molecule has 18 heavy (non-hydrogen) atoms. The molecule has 0 aromatic heterocycles. The zero-order valence-electron chi connectivity index (χ0n) is 11.5. The maximum absolute atomic E-state index is 12.0. The lowest BCUT2D eigenvalue weighted by molar-refractivity contribution is -0.143. The van der Waals surface area contributed by atoms with E-state index in [0.29, 0.717) is 0 Å². The van der Waals surface area contributed by atoms with Gasteiger partial charge in [0.05, 0.1) is 0 Å². The third kappa shape index (κ3) is 5.16. The maximum Gasteiger partial charge on any atom is 0.326 e. The largest absolute Gasteiger partial charge is 0.480 e. The minimum Gasteiger partial charge on any atom is -0.480 e. The van der Waals surface area contributed by atoms with E-state index in [2.05, 4.69) is 10.6 Å². The molecule has 3 N–H and O–H groups in total. The first-order valence-electron chi connectivity index (χ1n) is 5.97. The van der Waals surface area contributed by atoms with E-state index in [1.165, 1.54) is 6.92 Å². The number of carbonyl (C=O) groups excluding carboxylic acids is 2. The summed E-state index contributed by atoms with van der Waals surface area (Å²) in [5.41, 5.74) is 0. The van der Waals surface area contributed by atoms with Crippen molar-refractivity contribution in [2.45, 2.75) is 46.7 Å². The van der Waals surface area contributed by atoms with Crippen LogP contribution in [0, 0.1) is 11.8 Å². The summed E-state index contributed by atoms with van der Waals surface area (Å²) in [5.74, 6) is -2.21. The molecule has 0 aliphatic heterocycles. The van der Waals surface area contributed by atoms with Crippen LogP contribution in [-0.2, 0) is 14.4 Å². The van der Waals surface area contributed by atoms with Crippen molar-refractivity contribution < 1.29 is 19.5 Å². The van der Waals surface area contributed by atoms with Crippen molar-refractivity contribution in [3.05, 3.63) is 0 Å². The Morgan fingerprint density at radius 2 is 1.33 bits per heavy atom. The highest BCUT2D eigenvalue weighted by atomic mass is 16.4. The number of carbonyl (C=O) groups is 3. The second kappa shape index (κ2) is 6.98. The molecular weight excluding hydrogens is 236 g/mol. The molecule has 0 spiro atoms. The van der Waals surface area contributed by atoms with E-state index in [9.17, 15) is 14.4 Å². The summed E-state index contributed by atoms with van der Waals surface area (Å²) in [7, 11) is 0. The van der Waals surface area contributed by atoms with Crippen molar-refractivity contribution in [1.82, 2.24) is 10.6 Å². The molecule has 0 aliphatic carbocycles. The van der Waals surface area contributed by atoms with Gasteiger partial charge in [-0.1, -0.05) is 27.7 Å². The van der Waals surface area contributed by atoms with E-state index in [-0.39, 0.29) is 17.7 Å². The zero-order chi connectivity index (χ0) is 14.5. The van der Waals surface area contributed by atoms with E-state index < -0.39 is 24.0 Å². The van der Waals surface area contributed by atoms with Crippen LogP contribution in [0.5, 0.6) is 0 Å². The summed E-state index contributed by atoms with van der Waals surface area (Å²) in [4.78, 5) is 33.9. The minimum absolute atomic E-state index is 0.115. The van der Waals surface area contributed by atoms with Gasteiger partial charge < -0.3 is 15.7 Å². The molecule has 0 aliphatic rings. The molecule has 0 heterocycles. The Morgan fingerprint density at radius 3 is 1.61 bits per heavy atom. The summed E-state index contributed by atoms with van der Waals surface area (Å²) in [5, 5.41) is 14.0. The molecular formula is C12H22N2O4. The predicted octanol–water partition coefficient (Wildman–Crippen LogP) is 0.372. The highest BCUT2D eigenvalue weighted by Crippen LogP contribution is 2.06. The SMILES string of the molecule is CC(=O)NC(C(=O)N[C@H](C(=O)O)C(C)C)C(C)C. The Balaban J connectivity index is 4.77. The van der Waals surface area contributed by atoms with Crippen molar-refractivity contribution >= 4 is 17.8 Å². The van der Waals surface area contributed by atoms with Crippen LogP contribution in [0.15, 0.2) is 0 Å². The molecule has 6 nitrogen and oxygen atoms in total. The van der Waals surface area contributed by atoms with Crippen molar-refractivity contribution in [3.63, 3.8) is 0 Å². The fraction of sp³-hybridized carbons (Fsp3) is 0.750. The molecule has 0 radical (unpaired) electrons. The summed E-state index contributed by atoms with van der Waals surface area (Å²) in [6, 6.07) is -1.67. The van der Waals surface area contributed by atoms with Gasteiger partial charge in [-0.25, -0.2) is 4.79 Å². The summed E-state index contributed by atoms with van der Waals surface area (Å²) in [6.45, 7) is 8.31. The number of rotatable bonds is 6. The summed E-state index contributed by atoms with van der Waals surface area (Å²) in [6.07, 6.45) is 0. The van der Waals surface area contributed by atoms with E-state index in [4.69, 9.17) is 5.11 Å². The van der Waals surface area contributed by atoms with Gasteiger partial charge in [0, 0.05) is 6.92 Å². The average Bonchev–Trinajstić information content (AvgIpc) is 2.20. The van der Waals surface area contributed by atoms with Gasteiger partial charge in [-0.3, -0.25) is 9.59 Å². The van der Waals surface area contributed by atoms with Crippen molar-refractivity contribution in [3.8, 4) is 0 Å². The van der Waals surface area contributed by atoms with Crippen molar-refractivity contribution in [2.24, 2.45) is 11.8 Å². The van der Waals surface area contributed by atoms with Crippen LogP contribution in [0.2, 0.25) is 0 Å². The molecule has 0 rings (SSSR count). The van der Waals surface area contributed by atoms with E-state index in [0.717, 1.165) is 0 Å². The van der Waals surface area contributed by atoms with Crippen LogP contribution in [0.4, 0.5) is 0 Å². The Labute approximate surface area is 107 Å². The first-order chi connectivity index (χ1) is 8.16. The van der Waals surface area contributed by atoms with Gasteiger partial charge in [-0.05, 0) is 11.8 Å². The third-order valence-electron chi connectivity index (χ3n) is 2.54. The standard InChI is InChI=1S/C12H22N2O4/c1-6(2)9(13-8(5)15)11(16)14-10(7(3)4)12(17)18/h6-7,9-10H,1-5H3,(H,13,15)(H,14,16)(H,17,18)/t9?,10-/m0/s1. The molecule has 2 atom stereocenters. The van der Waals surface area contributed by atoms with E-state index in [1.807, 2.05) is 0 Å². The molecule has 2 amide bonds. The number of hydrogen-bond acceptors (Lipinski definition) is 3. The van der Waals surface area contributed by atoms with Crippen molar-refractivity contribution in [2.75, 3.05) is 0 Å².